The molecule has 1 unspecified atom stereocenters. The first kappa shape index (κ1) is 10.2. The number of nitrogens with one attached hydrogen (secondary N) is 1. The molecular weight excluding hydrogens is 192 g/mol. The van der Waals surface area contributed by atoms with Crippen LogP contribution >= 0.6 is 0 Å². The molecule has 15 heavy (non-hydrogen) atoms. The summed E-state index contributed by atoms with van der Waals surface area (Å²) in [6.45, 7) is 1.96. The highest BCUT2D eigenvalue weighted by molar-refractivity contribution is 5.44. The van der Waals surface area contributed by atoms with Crippen molar-refractivity contribution in [3.63, 3.8) is 0 Å². The summed E-state index contributed by atoms with van der Waals surface area (Å²) in [6, 6.07) is 2.18. The fourth-order valence-corrected chi connectivity index (χ4v) is 1.94. The molecule has 2 rings (SSSR count). The van der Waals surface area contributed by atoms with Crippen LogP contribution in [-0.2, 0) is 0 Å². The maximum absolute atomic E-state index is 11.1. The average molecular weight is 208 g/mol. The Balaban J connectivity index is 2.11. The predicted octanol–water partition coefficient (Wildman–Crippen LogP) is -0.0898. The molecule has 1 saturated heterocycles. The zero-order chi connectivity index (χ0) is 10.8. The summed E-state index contributed by atoms with van der Waals surface area (Å²) in [5.41, 5.74) is 0.781. The highest BCUT2D eigenvalue weighted by atomic mass is 16.1. The third-order valence-corrected chi connectivity index (χ3v) is 2.91. The number of nitrogens with zero attached hydrogens (tertiary/aromatic N) is 3. The summed E-state index contributed by atoms with van der Waals surface area (Å²) >= 11 is 0. The van der Waals surface area contributed by atoms with Crippen molar-refractivity contribution in [1.82, 2.24) is 15.1 Å². The summed E-state index contributed by atoms with van der Waals surface area (Å²) in [6.07, 6.45) is 2.85. The molecule has 0 spiro atoms. The molecule has 5 nitrogen and oxygen atoms in total. The molecule has 1 atom stereocenters. The van der Waals surface area contributed by atoms with Gasteiger partial charge in [-0.3, -0.25) is 4.79 Å². The van der Waals surface area contributed by atoms with Gasteiger partial charge >= 0.3 is 0 Å². The lowest BCUT2D eigenvalue weighted by atomic mass is 10.2. The van der Waals surface area contributed by atoms with E-state index in [-0.39, 0.29) is 5.56 Å². The van der Waals surface area contributed by atoms with Gasteiger partial charge in [0.25, 0.3) is 5.56 Å². The van der Waals surface area contributed by atoms with Gasteiger partial charge in [-0.1, -0.05) is 0 Å². The number of H-pyrrole nitrogens is 1. The van der Waals surface area contributed by atoms with Crippen molar-refractivity contribution < 1.29 is 0 Å². The molecule has 0 bridgehead atoms. The Kier molecular flexibility index (Phi) is 2.73. The summed E-state index contributed by atoms with van der Waals surface area (Å²) in [4.78, 5) is 15.5. The van der Waals surface area contributed by atoms with E-state index < -0.39 is 0 Å². The van der Waals surface area contributed by atoms with Crippen LogP contribution in [0, 0.1) is 0 Å². The van der Waals surface area contributed by atoms with Crippen LogP contribution in [0.25, 0.3) is 0 Å². The molecular formula is C10H16N4O. The minimum absolute atomic E-state index is 0.138. The molecule has 82 valence electrons. The molecule has 0 saturated carbocycles. The van der Waals surface area contributed by atoms with Crippen molar-refractivity contribution in [2.24, 2.45) is 0 Å². The molecule has 1 aromatic rings. The molecule has 0 radical (unpaired) electrons. The van der Waals surface area contributed by atoms with E-state index in [1.165, 1.54) is 0 Å². The van der Waals surface area contributed by atoms with Gasteiger partial charge in [-0.15, -0.1) is 0 Å². The number of rotatable bonds is 2. The quantitative estimate of drug-likeness (QED) is 0.738. The van der Waals surface area contributed by atoms with Crippen LogP contribution < -0.4 is 10.5 Å². The third-order valence-electron chi connectivity index (χ3n) is 2.91. The minimum atomic E-state index is -0.138. The van der Waals surface area contributed by atoms with Crippen LogP contribution in [0.4, 0.5) is 5.69 Å². The Hall–Kier alpha value is -1.36. The summed E-state index contributed by atoms with van der Waals surface area (Å²) < 4.78 is 0. The maximum atomic E-state index is 11.1. The molecule has 1 aromatic heterocycles. The Bertz CT molecular complexity index is 387. The Morgan fingerprint density at radius 1 is 1.60 bits per heavy atom. The van der Waals surface area contributed by atoms with Crippen LogP contribution in [0.5, 0.6) is 0 Å². The molecule has 0 aliphatic carbocycles. The van der Waals surface area contributed by atoms with E-state index in [2.05, 4.69) is 34.1 Å². The number of aromatic nitrogens is 2. The minimum Gasteiger partial charge on any atom is -0.368 e. The number of aromatic amines is 1. The van der Waals surface area contributed by atoms with E-state index in [1.54, 1.807) is 12.3 Å². The van der Waals surface area contributed by atoms with E-state index >= 15 is 0 Å². The number of anilines is 1. The monoisotopic (exact) mass is 208 g/mol. The number of hydrogen-bond donors (Lipinski definition) is 1. The summed E-state index contributed by atoms with van der Waals surface area (Å²) in [7, 11) is 4.18. The molecule has 1 N–H and O–H groups in total. The molecule has 1 aliphatic heterocycles. The normalized spacial score (nSPS) is 21.3. The largest absolute Gasteiger partial charge is 0.368 e. The van der Waals surface area contributed by atoms with Gasteiger partial charge in [0, 0.05) is 25.2 Å². The van der Waals surface area contributed by atoms with Crippen molar-refractivity contribution in [3.05, 3.63) is 22.6 Å². The highest BCUT2D eigenvalue weighted by Gasteiger charge is 2.24. The van der Waals surface area contributed by atoms with Crippen molar-refractivity contribution in [2.45, 2.75) is 12.5 Å². The smallest absolute Gasteiger partial charge is 0.266 e. The fraction of sp³-hybridized carbons (Fsp3) is 0.600. The highest BCUT2D eigenvalue weighted by Crippen LogP contribution is 2.19. The topological polar surface area (TPSA) is 52.2 Å². The van der Waals surface area contributed by atoms with Crippen molar-refractivity contribution in [2.75, 3.05) is 32.1 Å². The lowest BCUT2D eigenvalue weighted by Crippen LogP contribution is -2.31. The van der Waals surface area contributed by atoms with Crippen molar-refractivity contribution in [3.8, 4) is 0 Å². The van der Waals surface area contributed by atoms with E-state index in [1.807, 2.05) is 0 Å². The number of hydrogen-bond acceptors (Lipinski definition) is 4. The lowest BCUT2D eigenvalue weighted by molar-refractivity contribution is 0.315. The maximum Gasteiger partial charge on any atom is 0.266 e. The Labute approximate surface area is 88.7 Å². The lowest BCUT2D eigenvalue weighted by Gasteiger charge is -2.21. The molecule has 1 fully saturated rings. The second-order valence-electron chi connectivity index (χ2n) is 4.16. The van der Waals surface area contributed by atoms with Crippen LogP contribution in [0.15, 0.2) is 17.1 Å². The van der Waals surface area contributed by atoms with Crippen molar-refractivity contribution in [1.29, 1.82) is 0 Å². The van der Waals surface area contributed by atoms with E-state index in [0.29, 0.717) is 6.04 Å². The standard InChI is InChI=1S/C10H16N4O/c1-13(2)8-3-4-14(7-8)9-5-10(15)12-11-6-9/h5-6,8H,3-4,7H2,1-2H3,(H,12,15). The SMILES string of the molecule is CN(C)C1CCN(c2cn[nH]c(=O)c2)C1. The fourth-order valence-electron chi connectivity index (χ4n) is 1.94. The second-order valence-corrected chi connectivity index (χ2v) is 4.16. The van der Waals surface area contributed by atoms with Crippen LogP contribution in [0.3, 0.4) is 0 Å². The van der Waals surface area contributed by atoms with Gasteiger partial charge in [0.1, 0.15) is 0 Å². The van der Waals surface area contributed by atoms with E-state index in [9.17, 15) is 4.79 Å². The van der Waals surface area contributed by atoms with Gasteiger partial charge in [-0.25, -0.2) is 5.10 Å². The van der Waals surface area contributed by atoms with Gasteiger partial charge in [0.05, 0.1) is 11.9 Å². The van der Waals surface area contributed by atoms with Crippen LogP contribution in [0.2, 0.25) is 0 Å². The molecule has 5 heteroatoms. The third kappa shape index (κ3) is 2.18. The van der Waals surface area contributed by atoms with Crippen molar-refractivity contribution >= 4 is 5.69 Å². The zero-order valence-corrected chi connectivity index (χ0v) is 9.10. The van der Waals surface area contributed by atoms with Gasteiger partial charge in [-0.2, -0.15) is 5.10 Å². The molecule has 0 amide bonds. The Morgan fingerprint density at radius 3 is 3.00 bits per heavy atom. The van der Waals surface area contributed by atoms with E-state index in [0.717, 1.165) is 25.2 Å². The first-order chi connectivity index (χ1) is 7.16. The summed E-state index contributed by atoms with van der Waals surface area (Å²) in [5, 5.41) is 6.19. The average Bonchev–Trinajstić information content (AvgIpc) is 2.66. The zero-order valence-electron chi connectivity index (χ0n) is 9.10. The Morgan fingerprint density at radius 2 is 2.40 bits per heavy atom. The van der Waals surface area contributed by atoms with Crippen LogP contribution in [0.1, 0.15) is 6.42 Å². The molecule has 1 aliphatic rings. The predicted molar refractivity (Wildman–Crippen MR) is 59.2 cm³/mol. The van der Waals surface area contributed by atoms with Gasteiger partial charge < -0.3 is 9.80 Å². The van der Waals surface area contributed by atoms with Gasteiger partial charge in [-0.05, 0) is 20.5 Å². The summed E-state index contributed by atoms with van der Waals surface area (Å²) in [5.74, 6) is 0. The van der Waals surface area contributed by atoms with Crippen LogP contribution in [-0.4, -0.2) is 48.3 Å². The first-order valence-electron chi connectivity index (χ1n) is 5.13. The van der Waals surface area contributed by atoms with E-state index in [4.69, 9.17) is 0 Å². The first-order valence-corrected chi connectivity index (χ1v) is 5.13. The molecule has 2 heterocycles. The molecule has 0 aromatic carbocycles. The second kappa shape index (κ2) is 4.02. The van der Waals surface area contributed by atoms with Gasteiger partial charge in [0.2, 0.25) is 0 Å². The van der Waals surface area contributed by atoms with Gasteiger partial charge in [0.15, 0.2) is 0 Å². The number of likely N-dealkylation sites (N-methyl/N-ethyl adjacent to an activating group) is 1.